The van der Waals surface area contributed by atoms with E-state index in [1.54, 1.807) is 0 Å². The quantitative estimate of drug-likeness (QED) is 0.561. The molecule has 0 aromatic rings. The molecule has 0 rings (SSSR count). The summed E-state index contributed by atoms with van der Waals surface area (Å²) in [5.41, 5.74) is 0. The van der Waals surface area contributed by atoms with E-state index >= 15 is 0 Å². The highest BCUT2D eigenvalue weighted by Crippen LogP contribution is 2.01. The maximum Gasteiger partial charge on any atom is 0.0968 e. The fourth-order valence-electron chi connectivity index (χ4n) is 0.792. The van der Waals surface area contributed by atoms with E-state index in [4.69, 9.17) is 4.74 Å². The van der Waals surface area contributed by atoms with Crippen molar-refractivity contribution in [2.45, 2.75) is 39.2 Å². The lowest BCUT2D eigenvalue weighted by Crippen LogP contribution is -2.37. The standard InChI is InChI=1S/C8H16O3/c1-3-5-7(8(9)10)11-6-4-2/h7H,3-6H2,1-2H3,(H,9,10)/p-1. The Morgan fingerprint density at radius 1 is 1.45 bits per heavy atom. The van der Waals surface area contributed by atoms with Gasteiger partial charge < -0.3 is 14.6 Å². The molecule has 0 aliphatic rings. The third-order valence-corrected chi connectivity index (χ3v) is 1.34. The number of ether oxygens (including phenoxy) is 1. The molecule has 0 amide bonds. The predicted octanol–water partition coefficient (Wildman–Crippen LogP) is 0.332. The van der Waals surface area contributed by atoms with Gasteiger partial charge in [-0.3, -0.25) is 0 Å². The van der Waals surface area contributed by atoms with Crippen molar-refractivity contribution >= 4 is 5.97 Å². The van der Waals surface area contributed by atoms with Gasteiger partial charge in [0.05, 0.1) is 12.1 Å². The molecule has 0 aromatic carbocycles. The van der Waals surface area contributed by atoms with E-state index in [2.05, 4.69) is 0 Å². The fraction of sp³-hybridized carbons (Fsp3) is 0.875. The Hall–Kier alpha value is -0.570. The lowest BCUT2D eigenvalue weighted by atomic mass is 10.2. The van der Waals surface area contributed by atoms with Crippen LogP contribution in [0, 0.1) is 0 Å². The molecule has 3 nitrogen and oxygen atoms in total. The predicted molar refractivity (Wildman–Crippen MR) is 39.9 cm³/mol. The van der Waals surface area contributed by atoms with Gasteiger partial charge in [-0.15, -0.1) is 0 Å². The summed E-state index contributed by atoms with van der Waals surface area (Å²) in [5, 5.41) is 10.4. The molecule has 0 saturated carbocycles. The molecule has 0 saturated heterocycles. The summed E-state index contributed by atoms with van der Waals surface area (Å²) in [7, 11) is 0. The van der Waals surface area contributed by atoms with Crippen LogP contribution in [-0.4, -0.2) is 18.7 Å². The van der Waals surface area contributed by atoms with Gasteiger partial charge >= 0.3 is 0 Å². The van der Waals surface area contributed by atoms with E-state index < -0.39 is 12.1 Å². The molecule has 0 N–H and O–H groups in total. The van der Waals surface area contributed by atoms with Gasteiger partial charge in [0, 0.05) is 6.61 Å². The highest BCUT2D eigenvalue weighted by Gasteiger charge is 2.07. The summed E-state index contributed by atoms with van der Waals surface area (Å²) >= 11 is 0. The molecule has 0 aromatic heterocycles. The van der Waals surface area contributed by atoms with Crippen LogP contribution in [0.5, 0.6) is 0 Å². The van der Waals surface area contributed by atoms with E-state index in [-0.39, 0.29) is 0 Å². The lowest BCUT2D eigenvalue weighted by Gasteiger charge is -2.17. The molecule has 0 aliphatic heterocycles. The van der Waals surface area contributed by atoms with Crippen LogP contribution in [0.1, 0.15) is 33.1 Å². The van der Waals surface area contributed by atoms with Crippen LogP contribution in [-0.2, 0) is 9.53 Å². The normalized spacial score (nSPS) is 12.9. The Bertz CT molecular complexity index is 112. The summed E-state index contributed by atoms with van der Waals surface area (Å²) in [5.74, 6) is -1.10. The molecular formula is C8H15O3-. The van der Waals surface area contributed by atoms with Crippen LogP contribution in [0.2, 0.25) is 0 Å². The molecule has 0 spiro atoms. The highest BCUT2D eigenvalue weighted by molar-refractivity contribution is 5.69. The van der Waals surface area contributed by atoms with E-state index in [0.717, 1.165) is 12.8 Å². The maximum absolute atomic E-state index is 10.4. The van der Waals surface area contributed by atoms with Gasteiger partial charge in [-0.1, -0.05) is 20.3 Å². The minimum Gasteiger partial charge on any atom is -0.547 e. The SMILES string of the molecule is CCCOC(CCC)C(=O)[O-]. The Morgan fingerprint density at radius 3 is 2.45 bits per heavy atom. The smallest absolute Gasteiger partial charge is 0.0968 e. The number of carboxylic acids is 1. The van der Waals surface area contributed by atoms with Crippen molar-refractivity contribution in [2.75, 3.05) is 6.61 Å². The third-order valence-electron chi connectivity index (χ3n) is 1.34. The molecule has 66 valence electrons. The number of rotatable bonds is 6. The van der Waals surface area contributed by atoms with Crippen LogP contribution in [0.15, 0.2) is 0 Å². The van der Waals surface area contributed by atoms with Crippen molar-refractivity contribution in [1.82, 2.24) is 0 Å². The van der Waals surface area contributed by atoms with Gasteiger partial charge in [0.15, 0.2) is 0 Å². The van der Waals surface area contributed by atoms with Crippen molar-refractivity contribution in [3.63, 3.8) is 0 Å². The Kier molecular flexibility index (Phi) is 5.84. The molecular weight excluding hydrogens is 144 g/mol. The highest BCUT2D eigenvalue weighted by atomic mass is 16.5. The first-order chi connectivity index (χ1) is 5.22. The maximum atomic E-state index is 10.4. The Morgan fingerprint density at radius 2 is 2.09 bits per heavy atom. The first-order valence-electron chi connectivity index (χ1n) is 4.04. The molecule has 1 unspecified atom stereocenters. The molecule has 0 aliphatic carbocycles. The summed E-state index contributed by atoms with van der Waals surface area (Å²) in [6.07, 6.45) is 1.48. The number of hydrogen-bond acceptors (Lipinski definition) is 3. The number of carboxylic acid groups (broad SMARTS) is 1. The largest absolute Gasteiger partial charge is 0.547 e. The van der Waals surface area contributed by atoms with E-state index in [1.165, 1.54) is 0 Å². The summed E-state index contributed by atoms with van der Waals surface area (Å²) < 4.78 is 5.03. The van der Waals surface area contributed by atoms with Gasteiger partial charge in [-0.25, -0.2) is 0 Å². The number of hydrogen-bond donors (Lipinski definition) is 0. The Balaban J connectivity index is 3.60. The minimum absolute atomic E-state index is 0.499. The topological polar surface area (TPSA) is 49.4 Å². The first kappa shape index (κ1) is 10.4. The van der Waals surface area contributed by atoms with E-state index in [1.807, 2.05) is 13.8 Å². The minimum atomic E-state index is -1.10. The number of carbonyl (C=O) groups excluding carboxylic acids is 1. The Labute approximate surface area is 67.4 Å². The lowest BCUT2D eigenvalue weighted by molar-refractivity contribution is -0.317. The summed E-state index contributed by atoms with van der Waals surface area (Å²) in [4.78, 5) is 10.4. The van der Waals surface area contributed by atoms with Gasteiger partial charge in [-0.05, 0) is 12.8 Å². The zero-order valence-electron chi connectivity index (χ0n) is 7.13. The second-order valence-corrected chi connectivity index (χ2v) is 2.47. The van der Waals surface area contributed by atoms with Crippen LogP contribution >= 0.6 is 0 Å². The summed E-state index contributed by atoms with van der Waals surface area (Å²) in [6.45, 7) is 4.36. The molecule has 0 radical (unpaired) electrons. The van der Waals surface area contributed by atoms with Crippen molar-refractivity contribution in [3.05, 3.63) is 0 Å². The van der Waals surface area contributed by atoms with Crippen LogP contribution < -0.4 is 5.11 Å². The first-order valence-corrected chi connectivity index (χ1v) is 4.04. The molecule has 0 heterocycles. The van der Waals surface area contributed by atoms with Gasteiger partial charge in [0.2, 0.25) is 0 Å². The zero-order chi connectivity index (χ0) is 8.69. The van der Waals surface area contributed by atoms with Crippen molar-refractivity contribution in [3.8, 4) is 0 Å². The number of carbonyl (C=O) groups is 1. The van der Waals surface area contributed by atoms with Crippen molar-refractivity contribution in [1.29, 1.82) is 0 Å². The zero-order valence-corrected chi connectivity index (χ0v) is 7.13. The van der Waals surface area contributed by atoms with Crippen molar-refractivity contribution < 1.29 is 14.6 Å². The molecule has 0 bridgehead atoms. The molecule has 3 heteroatoms. The van der Waals surface area contributed by atoms with E-state index in [9.17, 15) is 9.90 Å². The number of aliphatic carboxylic acids is 1. The van der Waals surface area contributed by atoms with Crippen LogP contribution in [0.3, 0.4) is 0 Å². The van der Waals surface area contributed by atoms with Gasteiger partial charge in [0.25, 0.3) is 0 Å². The monoisotopic (exact) mass is 159 g/mol. The average molecular weight is 159 g/mol. The molecule has 11 heavy (non-hydrogen) atoms. The van der Waals surface area contributed by atoms with Crippen LogP contribution in [0.4, 0.5) is 0 Å². The second-order valence-electron chi connectivity index (χ2n) is 2.47. The molecule has 1 atom stereocenters. The fourth-order valence-corrected chi connectivity index (χ4v) is 0.792. The van der Waals surface area contributed by atoms with Crippen molar-refractivity contribution in [2.24, 2.45) is 0 Å². The van der Waals surface area contributed by atoms with Crippen LogP contribution in [0.25, 0.3) is 0 Å². The van der Waals surface area contributed by atoms with E-state index in [0.29, 0.717) is 13.0 Å². The van der Waals surface area contributed by atoms with Gasteiger partial charge in [0.1, 0.15) is 0 Å². The summed E-state index contributed by atoms with van der Waals surface area (Å²) in [6, 6.07) is 0. The van der Waals surface area contributed by atoms with Gasteiger partial charge in [-0.2, -0.15) is 0 Å². The second kappa shape index (κ2) is 6.16. The third kappa shape index (κ3) is 4.79. The molecule has 0 fully saturated rings. The average Bonchev–Trinajstić information content (AvgIpc) is 1.97.